The zero-order valence-electron chi connectivity index (χ0n) is 16.2. The molecule has 3 saturated heterocycles. The highest BCUT2D eigenvalue weighted by Gasteiger charge is 2.61. The van der Waals surface area contributed by atoms with Crippen LogP contribution in [0.5, 0.6) is 0 Å². The van der Waals surface area contributed by atoms with Crippen LogP contribution in [-0.2, 0) is 41.6 Å². The number of ether oxygens (including phenoxy) is 6. The van der Waals surface area contributed by atoms with Crippen molar-refractivity contribution in [2.75, 3.05) is 7.11 Å². The van der Waals surface area contributed by atoms with Gasteiger partial charge >= 0.3 is 0 Å². The SMILES string of the molecule is COC=C1[C@H]2OC3OC([C@@H]2OCc2ccccc2)[C@H](OCc2ccccc2)[C@H]1O3. The van der Waals surface area contributed by atoms with E-state index in [-0.39, 0.29) is 30.5 Å². The summed E-state index contributed by atoms with van der Waals surface area (Å²) in [7, 11) is 1.62. The lowest BCUT2D eigenvalue weighted by Gasteiger charge is -2.56. The minimum absolute atomic E-state index is 0.279. The molecule has 0 spiro atoms. The monoisotopic (exact) mass is 396 g/mol. The molecule has 0 amide bonds. The minimum atomic E-state index is -0.697. The molecule has 0 aromatic heterocycles. The molecule has 4 fully saturated rings. The van der Waals surface area contributed by atoms with Gasteiger partial charge in [-0.05, 0) is 11.1 Å². The molecule has 0 N–H and O–H groups in total. The zero-order valence-corrected chi connectivity index (χ0v) is 16.2. The lowest BCUT2D eigenvalue weighted by molar-refractivity contribution is -0.452. The predicted octanol–water partition coefficient (Wildman–Crippen LogP) is 3.17. The fourth-order valence-corrected chi connectivity index (χ4v) is 4.17. The van der Waals surface area contributed by atoms with Crippen LogP contribution in [0, 0.1) is 0 Å². The maximum Gasteiger partial charge on any atom is 0.273 e. The van der Waals surface area contributed by atoms with Crippen molar-refractivity contribution in [2.45, 2.75) is 50.2 Å². The van der Waals surface area contributed by atoms with Crippen molar-refractivity contribution >= 4 is 0 Å². The smallest absolute Gasteiger partial charge is 0.273 e. The Labute approximate surface area is 169 Å². The molecule has 4 aliphatic rings. The van der Waals surface area contributed by atoms with Crippen LogP contribution in [0.2, 0.25) is 0 Å². The summed E-state index contributed by atoms with van der Waals surface area (Å²) in [6.45, 7) is 0.234. The Hall–Kier alpha value is -2.22. The van der Waals surface area contributed by atoms with Gasteiger partial charge in [-0.1, -0.05) is 60.7 Å². The van der Waals surface area contributed by atoms with Gasteiger partial charge in [-0.25, -0.2) is 0 Å². The van der Waals surface area contributed by atoms with Crippen molar-refractivity contribution in [1.29, 1.82) is 0 Å². The summed E-state index contributed by atoms with van der Waals surface area (Å²) in [6.07, 6.45) is 0.224. The van der Waals surface area contributed by atoms with Gasteiger partial charge < -0.3 is 28.4 Å². The van der Waals surface area contributed by atoms with E-state index in [1.165, 1.54) is 0 Å². The largest absolute Gasteiger partial charge is 0.504 e. The Morgan fingerprint density at radius 3 is 1.76 bits per heavy atom. The second-order valence-electron chi connectivity index (χ2n) is 7.38. The number of methoxy groups -OCH3 is 1. The van der Waals surface area contributed by atoms with Gasteiger partial charge in [-0.3, -0.25) is 0 Å². The van der Waals surface area contributed by atoms with Crippen LogP contribution < -0.4 is 0 Å². The molecule has 3 heterocycles. The van der Waals surface area contributed by atoms with E-state index in [2.05, 4.69) is 0 Å². The van der Waals surface area contributed by atoms with Crippen molar-refractivity contribution in [2.24, 2.45) is 0 Å². The van der Waals surface area contributed by atoms with Crippen LogP contribution in [-0.4, -0.2) is 44.1 Å². The van der Waals surface area contributed by atoms with Crippen molar-refractivity contribution in [3.8, 4) is 0 Å². The average Bonchev–Trinajstić information content (AvgIpc) is 2.76. The van der Waals surface area contributed by atoms with E-state index in [0.717, 1.165) is 16.7 Å². The van der Waals surface area contributed by atoms with Crippen LogP contribution >= 0.6 is 0 Å². The van der Waals surface area contributed by atoms with E-state index in [0.29, 0.717) is 13.2 Å². The summed E-state index contributed by atoms with van der Waals surface area (Å²) in [5, 5.41) is 0. The van der Waals surface area contributed by atoms with Gasteiger partial charge in [0.2, 0.25) is 0 Å². The quantitative estimate of drug-likeness (QED) is 0.670. The maximum absolute atomic E-state index is 6.28. The van der Waals surface area contributed by atoms with Crippen molar-refractivity contribution in [3.05, 3.63) is 83.6 Å². The molecule has 0 radical (unpaired) electrons. The first-order valence-corrected chi connectivity index (χ1v) is 9.83. The molecular formula is C23H24O6. The van der Waals surface area contributed by atoms with Crippen molar-refractivity contribution < 1.29 is 28.4 Å². The van der Waals surface area contributed by atoms with E-state index in [1.807, 2.05) is 60.7 Å². The molecule has 1 aliphatic carbocycles. The highest BCUT2D eigenvalue weighted by Crippen LogP contribution is 2.45. The van der Waals surface area contributed by atoms with Gasteiger partial charge in [0, 0.05) is 5.57 Å². The van der Waals surface area contributed by atoms with E-state index in [1.54, 1.807) is 13.4 Å². The molecule has 2 aromatic rings. The Bertz CT molecular complexity index is 775. The number of hydrogen-bond acceptors (Lipinski definition) is 6. The van der Waals surface area contributed by atoms with Crippen LogP contribution in [0.4, 0.5) is 0 Å². The fourth-order valence-electron chi connectivity index (χ4n) is 4.17. The molecule has 6 atom stereocenters. The summed E-state index contributed by atoms with van der Waals surface area (Å²) >= 11 is 0. The summed E-state index contributed by atoms with van der Waals surface area (Å²) in [4.78, 5) is 0. The molecule has 1 saturated carbocycles. The number of rotatable bonds is 7. The molecule has 4 bridgehead atoms. The Morgan fingerprint density at radius 2 is 1.28 bits per heavy atom. The second-order valence-corrected chi connectivity index (χ2v) is 7.38. The van der Waals surface area contributed by atoms with Crippen LogP contribution in [0.3, 0.4) is 0 Å². The average molecular weight is 396 g/mol. The normalized spacial score (nSPS) is 33.9. The standard InChI is InChI=1S/C23H24O6/c1-24-14-17-18-20(25-12-15-8-4-2-5-9-15)22-21(19(17)28-23(27-18)29-22)26-13-16-10-6-3-7-11-16/h2-11,14,18-23H,12-13H2,1H3/t18-,19+,20-,21-,22?,23?/m1/s1. The topological polar surface area (TPSA) is 55.4 Å². The van der Waals surface area contributed by atoms with Gasteiger partial charge in [0.1, 0.15) is 30.5 Å². The second kappa shape index (κ2) is 8.26. The molecule has 29 heavy (non-hydrogen) atoms. The molecule has 6 heteroatoms. The van der Waals surface area contributed by atoms with Crippen molar-refractivity contribution in [3.63, 3.8) is 0 Å². The molecule has 152 valence electrons. The van der Waals surface area contributed by atoms with Crippen LogP contribution in [0.25, 0.3) is 0 Å². The molecule has 3 aliphatic heterocycles. The summed E-state index contributed by atoms with van der Waals surface area (Å²) in [6, 6.07) is 20.1. The maximum atomic E-state index is 6.28. The van der Waals surface area contributed by atoms with E-state index < -0.39 is 6.48 Å². The summed E-state index contributed by atoms with van der Waals surface area (Å²) < 4.78 is 35.7. The summed E-state index contributed by atoms with van der Waals surface area (Å²) in [5.74, 6) is 0. The minimum Gasteiger partial charge on any atom is -0.504 e. The third-order valence-electron chi connectivity index (χ3n) is 5.51. The third-order valence-corrected chi connectivity index (χ3v) is 5.51. The summed E-state index contributed by atoms with van der Waals surface area (Å²) in [5.41, 5.74) is 3.08. The molecule has 6 nitrogen and oxygen atoms in total. The van der Waals surface area contributed by atoms with E-state index in [9.17, 15) is 0 Å². The third kappa shape index (κ3) is 3.70. The van der Waals surface area contributed by atoms with E-state index >= 15 is 0 Å². The van der Waals surface area contributed by atoms with Gasteiger partial charge in [0.05, 0.1) is 26.6 Å². The Balaban J connectivity index is 1.37. The van der Waals surface area contributed by atoms with Crippen molar-refractivity contribution in [1.82, 2.24) is 0 Å². The lowest BCUT2D eigenvalue weighted by Crippen LogP contribution is -2.71. The first-order chi connectivity index (χ1) is 14.3. The molecule has 2 aromatic carbocycles. The number of hydrogen-bond donors (Lipinski definition) is 0. The van der Waals surface area contributed by atoms with Gasteiger partial charge in [-0.2, -0.15) is 0 Å². The van der Waals surface area contributed by atoms with Gasteiger partial charge in [-0.15, -0.1) is 0 Å². The Morgan fingerprint density at radius 1 is 0.759 bits per heavy atom. The highest BCUT2D eigenvalue weighted by atomic mass is 16.9. The number of benzene rings is 2. The Kier molecular flexibility index (Phi) is 5.35. The van der Waals surface area contributed by atoms with Crippen LogP contribution in [0.1, 0.15) is 11.1 Å². The molecular weight excluding hydrogens is 372 g/mol. The lowest BCUT2D eigenvalue weighted by atomic mass is 9.81. The van der Waals surface area contributed by atoms with Gasteiger partial charge in [0.25, 0.3) is 6.48 Å². The highest BCUT2D eigenvalue weighted by molar-refractivity contribution is 5.26. The fraction of sp³-hybridized carbons (Fsp3) is 0.391. The zero-order chi connectivity index (χ0) is 19.6. The van der Waals surface area contributed by atoms with Gasteiger partial charge in [0.15, 0.2) is 0 Å². The predicted molar refractivity (Wildman–Crippen MR) is 104 cm³/mol. The van der Waals surface area contributed by atoms with Crippen LogP contribution in [0.15, 0.2) is 72.5 Å². The first-order valence-electron chi connectivity index (χ1n) is 9.83. The molecule has 6 rings (SSSR count). The first kappa shape index (κ1) is 18.8. The molecule has 2 unspecified atom stereocenters. The van der Waals surface area contributed by atoms with E-state index in [4.69, 9.17) is 28.4 Å².